The summed E-state index contributed by atoms with van der Waals surface area (Å²) in [4.78, 5) is 3.91. The van der Waals surface area contributed by atoms with Gasteiger partial charge in [-0.15, -0.1) is 0 Å². The van der Waals surface area contributed by atoms with E-state index >= 15 is 0 Å². The van der Waals surface area contributed by atoms with E-state index in [0.29, 0.717) is 24.7 Å². The van der Waals surface area contributed by atoms with Crippen molar-refractivity contribution < 1.29 is 9.47 Å². The average Bonchev–Trinajstić information content (AvgIpc) is 2.45. The summed E-state index contributed by atoms with van der Waals surface area (Å²) in [6.07, 6.45) is 1.53. The second-order valence-corrected chi connectivity index (χ2v) is 3.50. The highest BCUT2D eigenvalue weighted by Gasteiger charge is 1.96. The van der Waals surface area contributed by atoms with Gasteiger partial charge in [0.25, 0.3) is 0 Å². The highest BCUT2D eigenvalue weighted by atomic mass is 16.5. The van der Waals surface area contributed by atoms with Crippen LogP contribution in [0.4, 0.5) is 0 Å². The quantitative estimate of drug-likeness (QED) is 0.753. The van der Waals surface area contributed by atoms with Crippen LogP contribution in [0.2, 0.25) is 0 Å². The first-order chi connectivity index (χ1) is 8.88. The number of pyridine rings is 1. The van der Waals surface area contributed by atoms with E-state index in [1.165, 1.54) is 6.20 Å². The number of aromatic nitrogens is 1. The first-order valence-corrected chi connectivity index (χ1v) is 5.55. The lowest BCUT2D eigenvalue weighted by molar-refractivity contribution is 0.216. The van der Waals surface area contributed by atoms with Gasteiger partial charge in [-0.3, -0.25) is 0 Å². The van der Waals surface area contributed by atoms with Gasteiger partial charge in [-0.25, -0.2) is 4.98 Å². The Morgan fingerprint density at radius 1 is 0.944 bits per heavy atom. The zero-order chi connectivity index (χ0) is 12.6. The van der Waals surface area contributed by atoms with E-state index in [9.17, 15) is 0 Å². The largest absolute Gasteiger partial charge is 0.490 e. The second kappa shape index (κ2) is 6.26. The van der Waals surface area contributed by atoms with Crippen LogP contribution in [-0.2, 0) is 0 Å². The van der Waals surface area contributed by atoms with Gasteiger partial charge < -0.3 is 9.47 Å². The monoisotopic (exact) mass is 240 g/mol. The number of rotatable bonds is 5. The van der Waals surface area contributed by atoms with Crippen LogP contribution >= 0.6 is 0 Å². The molecule has 0 aliphatic carbocycles. The fourth-order valence-electron chi connectivity index (χ4n) is 1.37. The second-order valence-electron chi connectivity index (χ2n) is 3.50. The third-order valence-electron chi connectivity index (χ3n) is 2.21. The van der Waals surface area contributed by atoms with Gasteiger partial charge in [-0.2, -0.15) is 5.26 Å². The molecule has 0 N–H and O–H groups in total. The summed E-state index contributed by atoms with van der Waals surface area (Å²) in [6, 6.07) is 14.8. The van der Waals surface area contributed by atoms with Crippen molar-refractivity contribution in [3.63, 3.8) is 0 Å². The lowest BCUT2D eigenvalue weighted by Gasteiger charge is -2.07. The Hall–Kier alpha value is -2.54. The van der Waals surface area contributed by atoms with Crippen molar-refractivity contribution >= 4 is 0 Å². The lowest BCUT2D eigenvalue weighted by atomic mass is 10.3. The third-order valence-corrected chi connectivity index (χ3v) is 2.21. The van der Waals surface area contributed by atoms with E-state index in [1.807, 2.05) is 36.4 Å². The maximum Gasteiger partial charge on any atom is 0.140 e. The van der Waals surface area contributed by atoms with E-state index in [2.05, 4.69) is 4.98 Å². The fraction of sp³-hybridized carbons (Fsp3) is 0.143. The van der Waals surface area contributed by atoms with Crippen LogP contribution in [-0.4, -0.2) is 18.2 Å². The van der Waals surface area contributed by atoms with Gasteiger partial charge in [0.1, 0.15) is 36.5 Å². The summed E-state index contributed by atoms with van der Waals surface area (Å²) in [5.41, 5.74) is 0.378. The van der Waals surface area contributed by atoms with Crippen LogP contribution in [0.1, 0.15) is 5.69 Å². The number of benzene rings is 1. The molecule has 0 spiro atoms. The number of nitrogens with zero attached hydrogens (tertiary/aromatic N) is 2. The predicted octanol–water partition coefficient (Wildman–Crippen LogP) is 2.41. The van der Waals surface area contributed by atoms with E-state index < -0.39 is 0 Å². The van der Waals surface area contributed by atoms with E-state index in [1.54, 1.807) is 12.1 Å². The molecule has 0 saturated heterocycles. The maximum absolute atomic E-state index is 8.60. The minimum atomic E-state index is 0.378. The standard InChI is InChI=1S/C14H12N2O2/c15-10-12-6-7-14(11-16-12)18-9-8-17-13-4-2-1-3-5-13/h1-7,11H,8-9H2. The first kappa shape index (κ1) is 11.9. The van der Waals surface area contributed by atoms with Gasteiger partial charge in [0, 0.05) is 0 Å². The van der Waals surface area contributed by atoms with E-state index in [0.717, 1.165) is 5.75 Å². The van der Waals surface area contributed by atoms with Crippen molar-refractivity contribution in [3.8, 4) is 17.6 Å². The van der Waals surface area contributed by atoms with Crippen molar-refractivity contribution in [2.45, 2.75) is 0 Å². The number of hydrogen-bond donors (Lipinski definition) is 0. The summed E-state index contributed by atoms with van der Waals surface area (Å²) in [5, 5.41) is 8.60. The molecule has 0 atom stereocenters. The normalized spacial score (nSPS) is 9.50. The molecule has 0 amide bonds. The van der Waals surface area contributed by atoms with Crippen LogP contribution in [0.15, 0.2) is 48.7 Å². The van der Waals surface area contributed by atoms with Crippen molar-refractivity contribution in [1.82, 2.24) is 4.98 Å². The fourth-order valence-corrected chi connectivity index (χ4v) is 1.37. The van der Waals surface area contributed by atoms with E-state index in [4.69, 9.17) is 14.7 Å². The zero-order valence-corrected chi connectivity index (χ0v) is 9.74. The zero-order valence-electron chi connectivity index (χ0n) is 9.74. The summed E-state index contributed by atoms with van der Waals surface area (Å²) in [7, 11) is 0. The van der Waals surface area contributed by atoms with Crippen LogP contribution in [0, 0.1) is 11.3 Å². The average molecular weight is 240 g/mol. The Morgan fingerprint density at radius 3 is 2.28 bits per heavy atom. The molecule has 4 heteroatoms. The molecular formula is C14H12N2O2. The topological polar surface area (TPSA) is 55.1 Å². The van der Waals surface area contributed by atoms with Crippen molar-refractivity contribution in [2.75, 3.05) is 13.2 Å². The molecule has 0 aliphatic heterocycles. The molecule has 0 aliphatic rings. The first-order valence-electron chi connectivity index (χ1n) is 5.55. The highest BCUT2D eigenvalue weighted by Crippen LogP contribution is 2.10. The molecule has 1 aromatic carbocycles. The molecule has 0 unspecified atom stereocenters. The summed E-state index contributed by atoms with van der Waals surface area (Å²) in [5.74, 6) is 1.45. The van der Waals surface area contributed by atoms with Gasteiger partial charge in [-0.05, 0) is 24.3 Å². The van der Waals surface area contributed by atoms with Gasteiger partial charge >= 0.3 is 0 Å². The summed E-state index contributed by atoms with van der Waals surface area (Å²) >= 11 is 0. The Balaban J connectivity index is 1.74. The van der Waals surface area contributed by atoms with E-state index in [-0.39, 0.29) is 0 Å². The Bertz CT molecular complexity index is 518. The predicted molar refractivity (Wildman–Crippen MR) is 66.4 cm³/mol. The molecule has 0 saturated carbocycles. The Labute approximate surface area is 105 Å². The number of para-hydroxylation sites is 1. The Kier molecular flexibility index (Phi) is 4.15. The summed E-state index contributed by atoms with van der Waals surface area (Å²) < 4.78 is 10.9. The lowest BCUT2D eigenvalue weighted by Crippen LogP contribution is -2.09. The molecule has 90 valence electrons. The van der Waals surface area contributed by atoms with Gasteiger partial charge in [0.15, 0.2) is 0 Å². The van der Waals surface area contributed by atoms with Crippen LogP contribution < -0.4 is 9.47 Å². The molecule has 0 bridgehead atoms. The van der Waals surface area contributed by atoms with Crippen molar-refractivity contribution in [2.24, 2.45) is 0 Å². The maximum atomic E-state index is 8.60. The number of ether oxygens (including phenoxy) is 2. The molecule has 0 fully saturated rings. The van der Waals surface area contributed by atoms with Crippen LogP contribution in [0.25, 0.3) is 0 Å². The van der Waals surface area contributed by atoms with Crippen molar-refractivity contribution in [3.05, 3.63) is 54.4 Å². The molecule has 1 aromatic heterocycles. The number of nitriles is 1. The molecule has 18 heavy (non-hydrogen) atoms. The van der Waals surface area contributed by atoms with Crippen LogP contribution in [0.5, 0.6) is 11.5 Å². The molecule has 2 aromatic rings. The van der Waals surface area contributed by atoms with Gasteiger partial charge in [-0.1, -0.05) is 18.2 Å². The third kappa shape index (κ3) is 3.49. The molecule has 4 nitrogen and oxygen atoms in total. The van der Waals surface area contributed by atoms with Gasteiger partial charge in [0.05, 0.1) is 6.20 Å². The molecular weight excluding hydrogens is 228 g/mol. The molecule has 1 heterocycles. The number of hydrogen-bond acceptors (Lipinski definition) is 4. The van der Waals surface area contributed by atoms with Crippen molar-refractivity contribution in [1.29, 1.82) is 5.26 Å². The minimum absolute atomic E-state index is 0.378. The molecule has 0 radical (unpaired) electrons. The Morgan fingerprint density at radius 2 is 1.67 bits per heavy atom. The SMILES string of the molecule is N#Cc1ccc(OCCOc2ccccc2)cn1. The highest BCUT2D eigenvalue weighted by molar-refractivity contribution is 5.26. The minimum Gasteiger partial charge on any atom is -0.490 e. The summed E-state index contributed by atoms with van der Waals surface area (Å²) in [6.45, 7) is 0.895. The smallest absolute Gasteiger partial charge is 0.140 e. The van der Waals surface area contributed by atoms with Crippen LogP contribution in [0.3, 0.4) is 0 Å². The molecule has 2 rings (SSSR count). The van der Waals surface area contributed by atoms with Gasteiger partial charge in [0.2, 0.25) is 0 Å².